The Morgan fingerprint density at radius 2 is 2.33 bits per heavy atom. The molecule has 0 saturated carbocycles. The van der Waals surface area contributed by atoms with Gasteiger partial charge in [-0.25, -0.2) is 0 Å². The summed E-state index contributed by atoms with van der Waals surface area (Å²) in [5.41, 5.74) is 1.24. The van der Waals surface area contributed by atoms with E-state index in [0.717, 1.165) is 19.3 Å². The summed E-state index contributed by atoms with van der Waals surface area (Å²) in [4.78, 5) is 0. The van der Waals surface area contributed by atoms with Crippen LogP contribution in [0.2, 0.25) is 0 Å². The number of furan rings is 1. The Hall–Kier alpha value is -1.02. The SMILES string of the molecule is OC/C=C/CCCc1ccoc1. The van der Waals surface area contributed by atoms with Crippen LogP contribution in [-0.4, -0.2) is 11.7 Å². The fraction of sp³-hybridized carbons (Fsp3) is 0.400. The van der Waals surface area contributed by atoms with Gasteiger partial charge in [-0.15, -0.1) is 0 Å². The van der Waals surface area contributed by atoms with Gasteiger partial charge in [-0.1, -0.05) is 12.2 Å². The zero-order valence-electron chi connectivity index (χ0n) is 7.07. The molecule has 0 atom stereocenters. The van der Waals surface area contributed by atoms with Crippen molar-refractivity contribution in [3.05, 3.63) is 36.3 Å². The summed E-state index contributed by atoms with van der Waals surface area (Å²) >= 11 is 0. The summed E-state index contributed by atoms with van der Waals surface area (Å²) in [6.07, 6.45) is 10.4. The molecule has 0 saturated heterocycles. The maximum Gasteiger partial charge on any atom is 0.0934 e. The molecule has 1 aromatic heterocycles. The summed E-state index contributed by atoms with van der Waals surface area (Å²) in [6, 6.07) is 1.98. The Kier molecular flexibility index (Phi) is 4.24. The first-order valence-electron chi connectivity index (χ1n) is 4.20. The van der Waals surface area contributed by atoms with E-state index in [9.17, 15) is 0 Å². The number of hydrogen-bond acceptors (Lipinski definition) is 2. The first-order chi connectivity index (χ1) is 5.93. The number of hydrogen-bond donors (Lipinski definition) is 1. The van der Waals surface area contributed by atoms with Crippen molar-refractivity contribution < 1.29 is 9.52 Å². The summed E-state index contributed by atoms with van der Waals surface area (Å²) in [5, 5.41) is 8.45. The second kappa shape index (κ2) is 5.61. The molecule has 0 aliphatic carbocycles. The minimum Gasteiger partial charge on any atom is -0.472 e. The smallest absolute Gasteiger partial charge is 0.0934 e. The molecule has 0 fully saturated rings. The molecule has 1 heterocycles. The van der Waals surface area contributed by atoms with E-state index >= 15 is 0 Å². The normalized spacial score (nSPS) is 11.1. The maximum absolute atomic E-state index is 8.45. The molecule has 0 bridgehead atoms. The minimum atomic E-state index is 0.145. The second-order valence-corrected chi connectivity index (χ2v) is 2.68. The molecule has 0 aromatic carbocycles. The molecule has 0 aliphatic rings. The summed E-state index contributed by atoms with van der Waals surface area (Å²) in [5.74, 6) is 0. The van der Waals surface area contributed by atoms with Crippen LogP contribution in [0.4, 0.5) is 0 Å². The quantitative estimate of drug-likeness (QED) is 0.537. The van der Waals surface area contributed by atoms with Crippen molar-refractivity contribution in [2.75, 3.05) is 6.61 Å². The highest BCUT2D eigenvalue weighted by molar-refractivity contribution is 5.05. The molecule has 1 rings (SSSR count). The highest BCUT2D eigenvalue weighted by atomic mass is 16.3. The molecule has 2 heteroatoms. The molecule has 0 amide bonds. The van der Waals surface area contributed by atoms with Crippen molar-refractivity contribution in [3.8, 4) is 0 Å². The van der Waals surface area contributed by atoms with Crippen LogP contribution in [0.1, 0.15) is 18.4 Å². The van der Waals surface area contributed by atoms with Gasteiger partial charge >= 0.3 is 0 Å². The molecule has 2 nitrogen and oxygen atoms in total. The van der Waals surface area contributed by atoms with Gasteiger partial charge in [0.25, 0.3) is 0 Å². The van der Waals surface area contributed by atoms with E-state index in [1.54, 1.807) is 18.6 Å². The van der Waals surface area contributed by atoms with E-state index in [4.69, 9.17) is 9.52 Å². The van der Waals surface area contributed by atoms with Gasteiger partial charge in [0.15, 0.2) is 0 Å². The predicted octanol–water partition coefficient (Wildman–Crippen LogP) is 2.15. The van der Waals surface area contributed by atoms with Crippen molar-refractivity contribution in [1.82, 2.24) is 0 Å². The largest absolute Gasteiger partial charge is 0.472 e. The van der Waals surface area contributed by atoms with E-state index in [1.165, 1.54) is 5.56 Å². The van der Waals surface area contributed by atoms with Gasteiger partial charge in [-0.2, -0.15) is 0 Å². The zero-order valence-corrected chi connectivity index (χ0v) is 7.07. The Balaban J connectivity index is 2.07. The van der Waals surface area contributed by atoms with Gasteiger partial charge < -0.3 is 9.52 Å². The molecule has 0 unspecified atom stereocenters. The van der Waals surface area contributed by atoms with Crippen LogP contribution in [0, 0.1) is 0 Å². The van der Waals surface area contributed by atoms with Crippen LogP contribution in [0.5, 0.6) is 0 Å². The summed E-state index contributed by atoms with van der Waals surface area (Å²) < 4.78 is 4.93. The topological polar surface area (TPSA) is 33.4 Å². The number of rotatable bonds is 5. The first kappa shape index (κ1) is 9.07. The van der Waals surface area contributed by atoms with Crippen LogP contribution in [-0.2, 0) is 6.42 Å². The van der Waals surface area contributed by atoms with Crippen molar-refractivity contribution in [3.63, 3.8) is 0 Å². The Morgan fingerprint density at radius 3 is 3.00 bits per heavy atom. The Labute approximate surface area is 72.5 Å². The lowest BCUT2D eigenvalue weighted by Gasteiger charge is -1.92. The first-order valence-corrected chi connectivity index (χ1v) is 4.20. The van der Waals surface area contributed by atoms with E-state index in [-0.39, 0.29) is 6.61 Å². The van der Waals surface area contributed by atoms with Gasteiger partial charge in [-0.3, -0.25) is 0 Å². The predicted molar refractivity (Wildman–Crippen MR) is 47.9 cm³/mol. The van der Waals surface area contributed by atoms with Crippen LogP contribution in [0.3, 0.4) is 0 Å². The third-order valence-corrected chi connectivity index (χ3v) is 1.69. The highest BCUT2D eigenvalue weighted by Gasteiger charge is 1.91. The second-order valence-electron chi connectivity index (χ2n) is 2.68. The van der Waals surface area contributed by atoms with E-state index < -0.39 is 0 Å². The number of aryl methyl sites for hydroxylation is 1. The minimum absolute atomic E-state index is 0.145. The van der Waals surface area contributed by atoms with Gasteiger partial charge in [0, 0.05) is 0 Å². The van der Waals surface area contributed by atoms with E-state index in [2.05, 4.69) is 0 Å². The number of unbranched alkanes of at least 4 members (excludes halogenated alkanes) is 1. The zero-order chi connectivity index (χ0) is 8.65. The van der Waals surface area contributed by atoms with Crippen LogP contribution >= 0.6 is 0 Å². The number of allylic oxidation sites excluding steroid dienone is 1. The lowest BCUT2D eigenvalue weighted by atomic mass is 10.1. The lowest BCUT2D eigenvalue weighted by Crippen LogP contribution is -1.80. The van der Waals surface area contributed by atoms with Gasteiger partial charge in [-0.05, 0) is 30.9 Å². The fourth-order valence-electron chi connectivity index (χ4n) is 1.05. The average molecular weight is 166 g/mol. The molecule has 0 radical (unpaired) electrons. The highest BCUT2D eigenvalue weighted by Crippen LogP contribution is 2.05. The number of aliphatic hydroxyl groups is 1. The monoisotopic (exact) mass is 166 g/mol. The number of aliphatic hydroxyl groups excluding tert-OH is 1. The molecule has 12 heavy (non-hydrogen) atoms. The average Bonchev–Trinajstić information content (AvgIpc) is 2.57. The van der Waals surface area contributed by atoms with Crippen LogP contribution < -0.4 is 0 Å². The van der Waals surface area contributed by atoms with Crippen LogP contribution in [0.15, 0.2) is 35.2 Å². The van der Waals surface area contributed by atoms with Gasteiger partial charge in [0.05, 0.1) is 19.1 Å². The molecule has 0 aliphatic heterocycles. The maximum atomic E-state index is 8.45. The fourth-order valence-corrected chi connectivity index (χ4v) is 1.05. The van der Waals surface area contributed by atoms with Gasteiger partial charge in [0.1, 0.15) is 0 Å². The molecule has 1 aromatic rings. The summed E-state index contributed by atoms with van der Waals surface area (Å²) in [7, 11) is 0. The third-order valence-electron chi connectivity index (χ3n) is 1.69. The van der Waals surface area contributed by atoms with Crippen molar-refractivity contribution in [2.45, 2.75) is 19.3 Å². The summed E-state index contributed by atoms with van der Waals surface area (Å²) in [6.45, 7) is 0.145. The van der Waals surface area contributed by atoms with Crippen molar-refractivity contribution in [1.29, 1.82) is 0 Å². The molecular formula is C10H14O2. The van der Waals surface area contributed by atoms with E-state index in [0.29, 0.717) is 0 Å². The van der Waals surface area contributed by atoms with E-state index in [1.807, 2.05) is 12.1 Å². The van der Waals surface area contributed by atoms with Crippen LogP contribution in [0.25, 0.3) is 0 Å². The van der Waals surface area contributed by atoms with Crippen molar-refractivity contribution in [2.24, 2.45) is 0 Å². The van der Waals surface area contributed by atoms with Gasteiger partial charge in [0.2, 0.25) is 0 Å². The standard InChI is InChI=1S/C10H14O2/c11-7-4-2-1-3-5-10-6-8-12-9-10/h2,4,6,8-9,11H,1,3,5,7H2/b4-2+. The third kappa shape index (κ3) is 3.39. The molecular weight excluding hydrogens is 152 g/mol. The Morgan fingerprint density at radius 1 is 1.42 bits per heavy atom. The van der Waals surface area contributed by atoms with Crippen molar-refractivity contribution >= 4 is 0 Å². The molecule has 66 valence electrons. The molecule has 1 N–H and O–H groups in total. The molecule has 0 spiro atoms. The lowest BCUT2D eigenvalue weighted by molar-refractivity contribution is 0.342. The Bertz CT molecular complexity index is 212.